The topological polar surface area (TPSA) is 55.8 Å². The molecule has 22 heavy (non-hydrogen) atoms. The fourth-order valence-corrected chi connectivity index (χ4v) is 2.97. The second-order valence-electron chi connectivity index (χ2n) is 6.06. The molecule has 0 saturated carbocycles. The van der Waals surface area contributed by atoms with Crippen molar-refractivity contribution >= 4 is 12.2 Å². The van der Waals surface area contributed by atoms with Crippen LogP contribution >= 0.6 is 0 Å². The maximum Gasteiger partial charge on any atom is 0.260 e. The smallest absolute Gasteiger partial charge is 0.260 e. The minimum atomic E-state index is -0.0176. The highest BCUT2D eigenvalue weighted by atomic mass is 16.5. The molecule has 1 aromatic carbocycles. The van der Waals surface area contributed by atoms with Crippen LogP contribution in [0.4, 0.5) is 0 Å². The predicted octanol–water partition coefficient (Wildman–Crippen LogP) is 2.39. The summed E-state index contributed by atoms with van der Waals surface area (Å²) in [6, 6.07) is 4.88. The van der Waals surface area contributed by atoms with E-state index in [-0.39, 0.29) is 12.5 Å². The molecule has 0 radical (unpaired) electrons. The van der Waals surface area contributed by atoms with Crippen LogP contribution in [0.25, 0.3) is 0 Å². The molecule has 1 fully saturated rings. The monoisotopic (exact) mass is 305 g/mol. The van der Waals surface area contributed by atoms with Gasteiger partial charge < -0.3 is 14.4 Å². The molecule has 0 aliphatic carbocycles. The summed E-state index contributed by atoms with van der Waals surface area (Å²) in [5, 5.41) is 0. The first-order valence-electron chi connectivity index (χ1n) is 7.57. The summed E-state index contributed by atoms with van der Waals surface area (Å²) in [5.41, 5.74) is 0.509. The lowest BCUT2D eigenvalue weighted by Gasteiger charge is -2.34. The minimum Gasteiger partial charge on any atom is -0.493 e. The lowest BCUT2D eigenvalue weighted by atomic mass is 9.92. The van der Waals surface area contributed by atoms with Crippen LogP contribution in [0, 0.1) is 11.8 Å². The fraction of sp³-hybridized carbons (Fsp3) is 0.529. The Hall–Kier alpha value is -2.04. The first-order valence-corrected chi connectivity index (χ1v) is 7.57. The number of methoxy groups -OCH3 is 1. The molecule has 1 aliphatic rings. The number of carbonyl (C=O) groups excluding carboxylic acids is 2. The van der Waals surface area contributed by atoms with Crippen molar-refractivity contribution in [2.45, 2.75) is 20.3 Å². The van der Waals surface area contributed by atoms with Crippen LogP contribution in [0.2, 0.25) is 0 Å². The third-order valence-corrected chi connectivity index (χ3v) is 3.90. The molecule has 1 aromatic rings. The number of likely N-dealkylation sites (tertiary alicyclic amines) is 1. The van der Waals surface area contributed by atoms with Crippen molar-refractivity contribution in [3.63, 3.8) is 0 Å². The number of amides is 1. The van der Waals surface area contributed by atoms with E-state index in [2.05, 4.69) is 13.8 Å². The van der Waals surface area contributed by atoms with Gasteiger partial charge in [0.25, 0.3) is 5.91 Å². The summed E-state index contributed by atoms with van der Waals surface area (Å²) in [7, 11) is 1.51. The Morgan fingerprint density at radius 1 is 1.27 bits per heavy atom. The van der Waals surface area contributed by atoms with E-state index in [0.717, 1.165) is 25.8 Å². The molecule has 1 saturated heterocycles. The molecule has 1 aliphatic heterocycles. The zero-order chi connectivity index (χ0) is 16.1. The van der Waals surface area contributed by atoms with Gasteiger partial charge in [0, 0.05) is 18.7 Å². The van der Waals surface area contributed by atoms with Crippen LogP contribution in [0.5, 0.6) is 11.5 Å². The maximum absolute atomic E-state index is 12.3. The molecule has 2 rings (SSSR count). The van der Waals surface area contributed by atoms with E-state index in [1.165, 1.54) is 7.11 Å². The minimum absolute atomic E-state index is 0.0140. The highest BCUT2D eigenvalue weighted by molar-refractivity contribution is 5.78. The maximum atomic E-state index is 12.3. The number of piperidine rings is 1. The Bertz CT molecular complexity index is 533. The SMILES string of the molecule is COc1cc(C=O)ccc1OCC(=O)N1C[C@@H](C)C[C@H](C)C1. The van der Waals surface area contributed by atoms with Crippen molar-refractivity contribution in [1.82, 2.24) is 4.90 Å². The normalized spacial score (nSPS) is 21.3. The number of hydrogen-bond donors (Lipinski definition) is 0. The molecule has 0 spiro atoms. The van der Waals surface area contributed by atoms with E-state index in [0.29, 0.717) is 28.9 Å². The quantitative estimate of drug-likeness (QED) is 0.784. The molecule has 1 amide bonds. The standard InChI is InChI=1S/C17H23NO4/c1-12-6-13(2)9-18(8-12)17(20)11-22-15-5-4-14(10-19)7-16(15)21-3/h4-5,7,10,12-13H,6,8-9,11H2,1-3H3/t12-,13-/m0/s1. The Labute approximate surface area is 131 Å². The predicted molar refractivity (Wildman–Crippen MR) is 83.4 cm³/mol. The van der Waals surface area contributed by atoms with Crippen molar-refractivity contribution < 1.29 is 19.1 Å². The van der Waals surface area contributed by atoms with Crippen LogP contribution in [-0.2, 0) is 4.79 Å². The summed E-state index contributed by atoms with van der Waals surface area (Å²) in [6.45, 7) is 5.88. The van der Waals surface area contributed by atoms with E-state index in [1.807, 2.05) is 4.90 Å². The highest BCUT2D eigenvalue weighted by Crippen LogP contribution is 2.28. The summed E-state index contributed by atoms with van der Waals surface area (Å²) in [4.78, 5) is 24.9. The van der Waals surface area contributed by atoms with Gasteiger partial charge in [0.1, 0.15) is 6.29 Å². The van der Waals surface area contributed by atoms with Gasteiger partial charge in [-0.2, -0.15) is 0 Å². The average molecular weight is 305 g/mol. The molecule has 5 heteroatoms. The number of hydrogen-bond acceptors (Lipinski definition) is 4. The first-order chi connectivity index (χ1) is 10.5. The molecule has 120 valence electrons. The van der Waals surface area contributed by atoms with Gasteiger partial charge in [-0.3, -0.25) is 9.59 Å². The van der Waals surface area contributed by atoms with Gasteiger partial charge in [0.15, 0.2) is 18.1 Å². The van der Waals surface area contributed by atoms with E-state index >= 15 is 0 Å². The number of benzene rings is 1. The molecule has 0 bridgehead atoms. The van der Waals surface area contributed by atoms with Gasteiger partial charge in [-0.15, -0.1) is 0 Å². The van der Waals surface area contributed by atoms with E-state index in [1.54, 1.807) is 18.2 Å². The van der Waals surface area contributed by atoms with E-state index in [4.69, 9.17) is 9.47 Å². The zero-order valence-corrected chi connectivity index (χ0v) is 13.4. The van der Waals surface area contributed by atoms with Gasteiger partial charge in [0.05, 0.1) is 7.11 Å². The summed E-state index contributed by atoms with van der Waals surface area (Å²) >= 11 is 0. The van der Waals surface area contributed by atoms with Crippen molar-refractivity contribution in [3.05, 3.63) is 23.8 Å². The van der Waals surface area contributed by atoms with Gasteiger partial charge in [0.2, 0.25) is 0 Å². The number of aldehydes is 1. The van der Waals surface area contributed by atoms with Gasteiger partial charge in [-0.25, -0.2) is 0 Å². The largest absolute Gasteiger partial charge is 0.493 e. The van der Waals surface area contributed by atoms with Crippen LogP contribution in [0.3, 0.4) is 0 Å². The Morgan fingerprint density at radius 3 is 2.55 bits per heavy atom. The fourth-order valence-electron chi connectivity index (χ4n) is 2.97. The molecular weight excluding hydrogens is 282 g/mol. The Morgan fingerprint density at radius 2 is 1.95 bits per heavy atom. The summed E-state index contributed by atoms with van der Waals surface area (Å²) in [6.07, 6.45) is 1.90. The average Bonchev–Trinajstić information content (AvgIpc) is 2.51. The Kier molecular flexibility index (Phi) is 5.41. The third-order valence-electron chi connectivity index (χ3n) is 3.90. The van der Waals surface area contributed by atoms with E-state index in [9.17, 15) is 9.59 Å². The summed E-state index contributed by atoms with van der Waals surface area (Å²) in [5.74, 6) is 1.96. The second kappa shape index (κ2) is 7.29. The van der Waals surface area contributed by atoms with Crippen molar-refractivity contribution in [2.24, 2.45) is 11.8 Å². The zero-order valence-electron chi connectivity index (χ0n) is 13.4. The molecule has 1 heterocycles. The van der Waals surface area contributed by atoms with Crippen LogP contribution in [0.1, 0.15) is 30.6 Å². The lowest BCUT2D eigenvalue weighted by Crippen LogP contribution is -2.44. The van der Waals surface area contributed by atoms with Gasteiger partial charge >= 0.3 is 0 Å². The third kappa shape index (κ3) is 4.00. The molecule has 0 unspecified atom stereocenters. The van der Waals surface area contributed by atoms with Gasteiger partial charge in [-0.05, 0) is 36.5 Å². The second-order valence-corrected chi connectivity index (χ2v) is 6.06. The number of rotatable bonds is 5. The first kappa shape index (κ1) is 16.3. The van der Waals surface area contributed by atoms with Crippen molar-refractivity contribution in [2.75, 3.05) is 26.8 Å². The van der Waals surface area contributed by atoms with Crippen LogP contribution < -0.4 is 9.47 Å². The molecular formula is C17H23NO4. The molecule has 0 aromatic heterocycles. The molecule has 5 nitrogen and oxygen atoms in total. The van der Waals surface area contributed by atoms with Crippen molar-refractivity contribution in [3.8, 4) is 11.5 Å². The highest BCUT2D eigenvalue weighted by Gasteiger charge is 2.25. The number of nitrogens with zero attached hydrogens (tertiary/aromatic N) is 1. The van der Waals surface area contributed by atoms with Gasteiger partial charge in [-0.1, -0.05) is 13.8 Å². The summed E-state index contributed by atoms with van der Waals surface area (Å²) < 4.78 is 10.8. The number of carbonyl (C=O) groups is 2. The molecule has 0 N–H and O–H groups in total. The van der Waals surface area contributed by atoms with Crippen molar-refractivity contribution in [1.29, 1.82) is 0 Å². The number of ether oxygens (including phenoxy) is 2. The Balaban J connectivity index is 1.97. The molecule has 2 atom stereocenters. The van der Waals surface area contributed by atoms with Crippen LogP contribution in [-0.4, -0.2) is 43.9 Å². The van der Waals surface area contributed by atoms with E-state index < -0.39 is 0 Å². The lowest BCUT2D eigenvalue weighted by molar-refractivity contribution is -0.136. The van der Waals surface area contributed by atoms with Crippen LogP contribution in [0.15, 0.2) is 18.2 Å².